The van der Waals surface area contributed by atoms with Crippen LogP contribution in [0.1, 0.15) is 5.01 Å². The molecule has 2 aromatic rings. The van der Waals surface area contributed by atoms with Crippen LogP contribution in [0.25, 0.3) is 10.3 Å². The van der Waals surface area contributed by atoms with Gasteiger partial charge in [0, 0.05) is 0 Å². The Labute approximate surface area is 61.7 Å². The maximum absolute atomic E-state index is 4.23. The first-order valence-corrected chi connectivity index (χ1v) is 3.73. The smallest absolute Gasteiger partial charge is 0.166 e. The third kappa shape index (κ3) is 0.769. The van der Waals surface area contributed by atoms with Gasteiger partial charge in [0.1, 0.15) is 5.52 Å². The molecule has 4 heteroatoms. The second-order valence-corrected chi connectivity index (χ2v) is 3.14. The van der Waals surface area contributed by atoms with E-state index in [0.717, 1.165) is 15.4 Å². The lowest BCUT2D eigenvalue weighted by molar-refractivity contribution is 1.08. The summed E-state index contributed by atoms with van der Waals surface area (Å²) in [4.78, 5) is 5.15. The van der Waals surface area contributed by atoms with Gasteiger partial charge in [0.15, 0.2) is 4.83 Å². The van der Waals surface area contributed by atoms with Crippen molar-refractivity contribution in [3.05, 3.63) is 17.3 Å². The fourth-order valence-corrected chi connectivity index (χ4v) is 1.53. The summed E-state index contributed by atoms with van der Waals surface area (Å²) in [6.45, 7) is 1.96. The van der Waals surface area contributed by atoms with E-state index in [4.69, 9.17) is 0 Å². The SMILES string of the molecule is Cc1nc2ccnnc2s1. The minimum absolute atomic E-state index is 0.917. The van der Waals surface area contributed by atoms with E-state index in [1.54, 1.807) is 17.5 Å². The summed E-state index contributed by atoms with van der Waals surface area (Å²) >= 11 is 1.57. The van der Waals surface area contributed by atoms with E-state index in [-0.39, 0.29) is 0 Å². The van der Waals surface area contributed by atoms with E-state index >= 15 is 0 Å². The Hall–Kier alpha value is -1.03. The number of aromatic nitrogens is 3. The molecule has 10 heavy (non-hydrogen) atoms. The summed E-state index contributed by atoms with van der Waals surface area (Å²) in [5, 5.41) is 8.69. The van der Waals surface area contributed by atoms with Crippen molar-refractivity contribution in [2.75, 3.05) is 0 Å². The highest BCUT2D eigenvalue weighted by atomic mass is 32.1. The van der Waals surface area contributed by atoms with Crippen molar-refractivity contribution in [2.45, 2.75) is 6.92 Å². The summed E-state index contributed by atoms with van der Waals surface area (Å²) < 4.78 is 0. The van der Waals surface area contributed by atoms with Gasteiger partial charge in [0.2, 0.25) is 0 Å². The van der Waals surface area contributed by atoms with Crippen LogP contribution in [0, 0.1) is 6.92 Å². The van der Waals surface area contributed by atoms with Crippen molar-refractivity contribution >= 4 is 21.7 Å². The summed E-state index contributed by atoms with van der Waals surface area (Å²) in [6.07, 6.45) is 1.65. The molecule has 0 N–H and O–H groups in total. The molecule has 0 amide bonds. The molecule has 0 unspecified atom stereocenters. The number of hydrogen-bond donors (Lipinski definition) is 0. The van der Waals surface area contributed by atoms with Crippen LogP contribution < -0.4 is 0 Å². The van der Waals surface area contributed by atoms with E-state index in [1.165, 1.54) is 0 Å². The Kier molecular flexibility index (Phi) is 1.14. The van der Waals surface area contributed by atoms with Gasteiger partial charge < -0.3 is 0 Å². The van der Waals surface area contributed by atoms with Crippen molar-refractivity contribution in [3.8, 4) is 0 Å². The lowest BCUT2D eigenvalue weighted by atomic mass is 10.5. The summed E-state index contributed by atoms with van der Waals surface area (Å²) in [7, 11) is 0. The van der Waals surface area contributed by atoms with Crippen LogP contribution in [0.2, 0.25) is 0 Å². The zero-order valence-electron chi connectivity index (χ0n) is 5.40. The fourth-order valence-electron chi connectivity index (χ4n) is 0.802. The number of rotatable bonds is 0. The third-order valence-electron chi connectivity index (χ3n) is 1.19. The minimum Gasteiger partial charge on any atom is -0.240 e. The van der Waals surface area contributed by atoms with Gasteiger partial charge in [-0.1, -0.05) is 11.3 Å². The lowest BCUT2D eigenvalue weighted by Gasteiger charge is -1.78. The van der Waals surface area contributed by atoms with Gasteiger partial charge in [-0.3, -0.25) is 0 Å². The molecule has 0 aromatic carbocycles. The van der Waals surface area contributed by atoms with Crippen molar-refractivity contribution in [1.82, 2.24) is 15.2 Å². The quantitative estimate of drug-likeness (QED) is 0.571. The van der Waals surface area contributed by atoms with Gasteiger partial charge >= 0.3 is 0 Å². The molecule has 2 rings (SSSR count). The molecule has 2 aromatic heterocycles. The van der Waals surface area contributed by atoms with Gasteiger partial charge in [-0.15, -0.1) is 5.10 Å². The van der Waals surface area contributed by atoms with Crippen molar-refractivity contribution in [1.29, 1.82) is 0 Å². The molecule has 0 fully saturated rings. The number of hydrogen-bond acceptors (Lipinski definition) is 4. The van der Waals surface area contributed by atoms with Gasteiger partial charge in [-0.05, 0) is 13.0 Å². The highest BCUT2D eigenvalue weighted by molar-refractivity contribution is 7.18. The zero-order valence-corrected chi connectivity index (χ0v) is 6.22. The molecule has 2 heterocycles. The van der Waals surface area contributed by atoms with Crippen LogP contribution in [0.15, 0.2) is 12.3 Å². The highest BCUT2D eigenvalue weighted by Crippen LogP contribution is 2.16. The van der Waals surface area contributed by atoms with Gasteiger partial charge in [-0.25, -0.2) is 4.98 Å². The van der Waals surface area contributed by atoms with Crippen LogP contribution in [0.5, 0.6) is 0 Å². The molecule has 0 saturated carbocycles. The highest BCUT2D eigenvalue weighted by Gasteiger charge is 1.98. The Bertz CT molecular complexity index is 322. The van der Waals surface area contributed by atoms with E-state index in [0.29, 0.717) is 0 Å². The van der Waals surface area contributed by atoms with Crippen LogP contribution in [-0.2, 0) is 0 Å². The Morgan fingerprint density at radius 2 is 2.40 bits per heavy atom. The van der Waals surface area contributed by atoms with E-state index in [9.17, 15) is 0 Å². The Morgan fingerprint density at radius 3 is 3.20 bits per heavy atom. The number of aryl methyl sites for hydroxylation is 1. The second kappa shape index (κ2) is 1.98. The molecule has 0 aliphatic rings. The molecule has 0 bridgehead atoms. The molecular weight excluding hydrogens is 146 g/mol. The predicted molar refractivity (Wildman–Crippen MR) is 39.9 cm³/mol. The maximum atomic E-state index is 4.23. The van der Waals surface area contributed by atoms with E-state index in [1.807, 2.05) is 13.0 Å². The zero-order chi connectivity index (χ0) is 6.97. The monoisotopic (exact) mass is 151 g/mol. The normalized spacial score (nSPS) is 10.5. The predicted octanol–water partition coefficient (Wildman–Crippen LogP) is 1.39. The number of nitrogens with zero attached hydrogens (tertiary/aromatic N) is 3. The van der Waals surface area contributed by atoms with Crippen molar-refractivity contribution < 1.29 is 0 Å². The Morgan fingerprint density at radius 1 is 1.50 bits per heavy atom. The Balaban J connectivity index is 2.88. The van der Waals surface area contributed by atoms with Crippen molar-refractivity contribution in [2.24, 2.45) is 0 Å². The second-order valence-electron chi connectivity index (χ2n) is 1.95. The first kappa shape index (κ1) is 5.73. The topological polar surface area (TPSA) is 38.7 Å². The molecule has 50 valence electrons. The lowest BCUT2D eigenvalue weighted by Crippen LogP contribution is -1.75. The van der Waals surface area contributed by atoms with Gasteiger partial charge in [0.25, 0.3) is 0 Å². The minimum atomic E-state index is 0.917. The molecule has 0 spiro atoms. The fraction of sp³-hybridized carbons (Fsp3) is 0.167. The van der Waals surface area contributed by atoms with E-state index in [2.05, 4.69) is 15.2 Å². The first-order valence-electron chi connectivity index (χ1n) is 2.91. The van der Waals surface area contributed by atoms with Crippen LogP contribution in [-0.4, -0.2) is 15.2 Å². The summed E-state index contributed by atoms with van der Waals surface area (Å²) in [6, 6.07) is 1.87. The molecule has 0 saturated heterocycles. The van der Waals surface area contributed by atoms with Gasteiger partial charge in [-0.2, -0.15) is 5.10 Å². The molecule has 0 aliphatic heterocycles. The number of thiazole rings is 1. The molecular formula is C6H5N3S. The summed E-state index contributed by atoms with van der Waals surface area (Å²) in [5.74, 6) is 0. The molecule has 3 nitrogen and oxygen atoms in total. The van der Waals surface area contributed by atoms with Crippen LogP contribution >= 0.6 is 11.3 Å². The largest absolute Gasteiger partial charge is 0.240 e. The summed E-state index contributed by atoms with van der Waals surface area (Å²) in [5.41, 5.74) is 0.942. The molecule has 0 radical (unpaired) electrons. The van der Waals surface area contributed by atoms with Crippen LogP contribution in [0.3, 0.4) is 0 Å². The van der Waals surface area contributed by atoms with E-state index < -0.39 is 0 Å². The van der Waals surface area contributed by atoms with Crippen molar-refractivity contribution in [3.63, 3.8) is 0 Å². The standard InChI is InChI=1S/C6H5N3S/c1-4-8-5-2-3-7-9-6(5)10-4/h2-3H,1H3. The molecule has 0 aliphatic carbocycles. The van der Waals surface area contributed by atoms with Crippen LogP contribution in [0.4, 0.5) is 0 Å². The first-order chi connectivity index (χ1) is 4.86. The maximum Gasteiger partial charge on any atom is 0.166 e. The average Bonchev–Trinajstić information content (AvgIpc) is 2.27. The number of fused-ring (bicyclic) bond motifs is 1. The molecule has 0 atom stereocenters. The van der Waals surface area contributed by atoms with Gasteiger partial charge in [0.05, 0.1) is 11.2 Å². The average molecular weight is 151 g/mol. The third-order valence-corrected chi connectivity index (χ3v) is 2.06.